The summed E-state index contributed by atoms with van der Waals surface area (Å²) in [6.07, 6.45) is 1.93. The Labute approximate surface area is 237 Å². The topological polar surface area (TPSA) is 115 Å². The maximum atomic E-state index is 14.5. The van der Waals surface area contributed by atoms with Gasteiger partial charge in [-0.1, -0.05) is 23.2 Å². The number of ketones is 1. The average molecular weight is 603 g/mol. The quantitative estimate of drug-likeness (QED) is 0.399. The number of alkyl halides is 3. The summed E-state index contributed by atoms with van der Waals surface area (Å²) in [5.41, 5.74) is -2.73. The zero-order chi connectivity index (χ0) is 28.8. The summed E-state index contributed by atoms with van der Waals surface area (Å²) in [5, 5.41) is 13.1. The van der Waals surface area contributed by atoms with Crippen LogP contribution in [-0.4, -0.2) is 67.2 Å². The van der Waals surface area contributed by atoms with Crippen LogP contribution in [0.3, 0.4) is 0 Å². The largest absolute Gasteiger partial charge is 0.481 e. The smallest absolute Gasteiger partial charge is 0.433 e. The molecule has 2 aromatic heterocycles. The van der Waals surface area contributed by atoms with E-state index < -0.39 is 59.2 Å². The van der Waals surface area contributed by atoms with Crippen molar-refractivity contribution in [3.8, 4) is 0 Å². The summed E-state index contributed by atoms with van der Waals surface area (Å²) in [6, 6.07) is -0.717. The second-order valence-electron chi connectivity index (χ2n) is 10.8. The fraction of sp³-hybridized carbons (Fsp3) is 0.577. The lowest BCUT2D eigenvalue weighted by Crippen LogP contribution is -2.46. The average Bonchev–Trinajstić information content (AvgIpc) is 3.62. The number of Topliss-reactive ketones (excluding diaryl/α,β-unsaturated/α-hetero) is 1. The summed E-state index contributed by atoms with van der Waals surface area (Å²) in [7, 11) is 0. The zero-order valence-electron chi connectivity index (χ0n) is 21.3. The molecule has 40 heavy (non-hydrogen) atoms. The highest BCUT2D eigenvalue weighted by atomic mass is 35.5. The van der Waals surface area contributed by atoms with Crippen LogP contribution in [0.5, 0.6) is 0 Å². The molecule has 0 radical (unpaired) electrons. The first kappa shape index (κ1) is 28.8. The van der Waals surface area contributed by atoms with Crippen molar-refractivity contribution in [2.24, 2.45) is 5.92 Å². The number of aromatic nitrogens is 3. The van der Waals surface area contributed by atoms with E-state index in [4.69, 9.17) is 27.9 Å². The first-order chi connectivity index (χ1) is 18.9. The Morgan fingerprint density at radius 1 is 1.05 bits per heavy atom. The van der Waals surface area contributed by atoms with E-state index in [1.54, 1.807) is 0 Å². The number of nitrogens with zero attached hydrogens (tertiary/aromatic N) is 4. The Hall–Kier alpha value is -2.70. The number of carbonyl (C=O) groups is 3. The van der Waals surface area contributed by atoms with Gasteiger partial charge in [0.05, 0.1) is 64.1 Å². The van der Waals surface area contributed by atoms with E-state index in [9.17, 15) is 32.7 Å². The first-order valence-corrected chi connectivity index (χ1v) is 13.8. The maximum Gasteiger partial charge on any atom is 0.433 e. The monoisotopic (exact) mass is 602 g/mol. The van der Waals surface area contributed by atoms with E-state index >= 15 is 0 Å². The molecule has 0 aromatic carbocycles. The van der Waals surface area contributed by atoms with E-state index in [1.807, 2.05) is 0 Å². The molecule has 216 valence electrons. The van der Waals surface area contributed by atoms with Crippen LogP contribution in [0.4, 0.5) is 13.2 Å². The number of fused-ring (bicyclic) bond motifs is 2. The lowest BCUT2D eigenvalue weighted by Gasteiger charge is -2.33. The SMILES string of the molecule is O=C(CN(CC12CCC(CC1)O2)C(=O)c1cnn(C2CCC(C(=O)O)CC2)c1C(F)(F)F)c1c(Cl)cncc1Cl. The van der Waals surface area contributed by atoms with Crippen LogP contribution in [0.15, 0.2) is 18.6 Å². The molecule has 1 amide bonds. The Balaban J connectivity index is 1.48. The molecule has 1 saturated carbocycles. The number of hydrogen-bond acceptors (Lipinski definition) is 6. The van der Waals surface area contributed by atoms with Crippen molar-refractivity contribution in [1.29, 1.82) is 0 Å². The minimum absolute atomic E-state index is 0.0196. The Morgan fingerprint density at radius 3 is 2.20 bits per heavy atom. The number of carbonyl (C=O) groups excluding carboxylic acids is 2. The Morgan fingerprint density at radius 2 is 1.68 bits per heavy atom. The fourth-order valence-electron chi connectivity index (χ4n) is 6.20. The van der Waals surface area contributed by atoms with Crippen molar-refractivity contribution < 1.29 is 37.4 Å². The number of carboxylic acids is 1. The molecular formula is C26H27Cl2F3N4O5. The van der Waals surface area contributed by atoms with E-state index in [0.717, 1.165) is 28.6 Å². The molecule has 0 spiro atoms. The molecule has 1 N–H and O–H groups in total. The fourth-order valence-corrected chi connectivity index (χ4v) is 6.77. The molecule has 9 nitrogen and oxygen atoms in total. The van der Waals surface area contributed by atoms with Crippen LogP contribution in [0.2, 0.25) is 10.0 Å². The Bertz CT molecular complexity index is 1300. The van der Waals surface area contributed by atoms with Crippen molar-refractivity contribution in [1.82, 2.24) is 19.7 Å². The third-order valence-corrected chi connectivity index (χ3v) is 8.75. The molecule has 2 bridgehead atoms. The highest BCUT2D eigenvalue weighted by Crippen LogP contribution is 2.45. The van der Waals surface area contributed by atoms with Gasteiger partial charge in [-0.05, 0) is 51.4 Å². The third-order valence-electron chi connectivity index (χ3n) is 8.18. The third kappa shape index (κ3) is 5.58. The predicted molar refractivity (Wildman–Crippen MR) is 136 cm³/mol. The van der Waals surface area contributed by atoms with Gasteiger partial charge in [-0.15, -0.1) is 0 Å². The molecule has 5 rings (SSSR count). The van der Waals surface area contributed by atoms with E-state index in [2.05, 4.69) is 10.1 Å². The molecule has 14 heteroatoms. The summed E-state index contributed by atoms with van der Waals surface area (Å²) < 4.78 is 50.2. The predicted octanol–water partition coefficient (Wildman–Crippen LogP) is 5.46. The number of hydrogen-bond donors (Lipinski definition) is 1. The minimum Gasteiger partial charge on any atom is -0.481 e. The van der Waals surface area contributed by atoms with Gasteiger partial charge >= 0.3 is 12.1 Å². The van der Waals surface area contributed by atoms with Crippen molar-refractivity contribution in [2.45, 2.75) is 75.3 Å². The summed E-state index contributed by atoms with van der Waals surface area (Å²) in [5.74, 6) is -3.27. The van der Waals surface area contributed by atoms with Crippen LogP contribution in [-0.2, 0) is 15.7 Å². The second kappa shape index (κ2) is 10.9. The first-order valence-electron chi connectivity index (χ1n) is 13.1. The molecule has 0 atom stereocenters. The lowest BCUT2D eigenvalue weighted by molar-refractivity contribution is -0.147. The highest BCUT2D eigenvalue weighted by Gasteiger charge is 2.49. The summed E-state index contributed by atoms with van der Waals surface area (Å²) >= 11 is 12.3. The number of halogens is 5. The molecule has 1 aliphatic carbocycles. The zero-order valence-corrected chi connectivity index (χ0v) is 22.8. The van der Waals surface area contributed by atoms with Crippen molar-refractivity contribution >= 4 is 40.9 Å². The Kier molecular flexibility index (Phi) is 7.88. The lowest BCUT2D eigenvalue weighted by atomic mass is 9.86. The summed E-state index contributed by atoms with van der Waals surface area (Å²) in [4.78, 5) is 43.4. The van der Waals surface area contributed by atoms with Gasteiger partial charge in [-0.3, -0.25) is 24.0 Å². The standard InChI is InChI=1S/C26H27Cl2F3N4O5/c27-18-10-32-11-19(28)21(18)20(36)12-34(13-25-7-5-16(40-25)6-8-25)23(37)17-9-33-35(22(17)26(29,30)31)15-3-1-14(2-4-15)24(38)39/h9-11,14-16H,1-8,12-13H2,(H,38,39). The van der Waals surface area contributed by atoms with Crippen LogP contribution in [0.25, 0.3) is 0 Å². The highest BCUT2D eigenvalue weighted by molar-refractivity contribution is 6.39. The molecule has 2 saturated heterocycles. The molecule has 4 heterocycles. The summed E-state index contributed by atoms with van der Waals surface area (Å²) in [6.45, 7) is -0.662. The van der Waals surface area contributed by atoms with Crippen LogP contribution in [0, 0.1) is 5.92 Å². The number of ether oxygens (including phenoxy) is 1. The van der Waals surface area contributed by atoms with E-state index in [1.165, 1.54) is 12.4 Å². The van der Waals surface area contributed by atoms with Gasteiger partial charge in [-0.2, -0.15) is 18.3 Å². The molecule has 3 fully saturated rings. The second-order valence-corrected chi connectivity index (χ2v) is 11.6. The van der Waals surface area contributed by atoms with Gasteiger partial charge in [-0.25, -0.2) is 0 Å². The van der Waals surface area contributed by atoms with E-state index in [-0.39, 0.29) is 53.9 Å². The number of carboxylic acid groups (broad SMARTS) is 1. The molecule has 2 aliphatic heterocycles. The molecule has 3 aliphatic rings. The number of aliphatic carboxylic acids is 1. The number of amides is 1. The molecule has 2 aromatic rings. The van der Waals surface area contributed by atoms with Crippen molar-refractivity contribution in [3.63, 3.8) is 0 Å². The van der Waals surface area contributed by atoms with E-state index in [0.29, 0.717) is 12.8 Å². The van der Waals surface area contributed by atoms with Crippen molar-refractivity contribution in [2.75, 3.05) is 13.1 Å². The maximum absolute atomic E-state index is 14.5. The molecular weight excluding hydrogens is 576 g/mol. The van der Waals surface area contributed by atoms with Gasteiger partial charge in [0.2, 0.25) is 0 Å². The van der Waals surface area contributed by atoms with Crippen molar-refractivity contribution in [3.05, 3.63) is 45.5 Å². The number of rotatable bonds is 8. The van der Waals surface area contributed by atoms with Gasteiger partial charge in [0, 0.05) is 12.4 Å². The minimum atomic E-state index is -4.93. The van der Waals surface area contributed by atoms with Gasteiger partial charge in [0.25, 0.3) is 5.91 Å². The van der Waals surface area contributed by atoms with Gasteiger partial charge in [0.1, 0.15) is 0 Å². The molecule has 0 unspecified atom stereocenters. The van der Waals surface area contributed by atoms with Crippen LogP contribution < -0.4 is 0 Å². The van der Waals surface area contributed by atoms with Crippen LogP contribution in [0.1, 0.15) is 83.8 Å². The van der Waals surface area contributed by atoms with Crippen LogP contribution >= 0.6 is 23.2 Å². The van der Waals surface area contributed by atoms with Gasteiger partial charge < -0.3 is 14.7 Å². The number of pyridine rings is 1. The van der Waals surface area contributed by atoms with Gasteiger partial charge in [0.15, 0.2) is 11.5 Å². The normalized spacial score (nSPS) is 26.2.